The van der Waals surface area contributed by atoms with Crippen molar-refractivity contribution in [1.29, 1.82) is 0 Å². The lowest BCUT2D eigenvalue weighted by atomic mass is 10.2. The second-order valence-corrected chi connectivity index (χ2v) is 5.71. The highest BCUT2D eigenvalue weighted by atomic mass is 32.2. The highest BCUT2D eigenvalue weighted by molar-refractivity contribution is 7.89. The standard InChI is InChI=1S/C11H17FN2O3S/c1-13-18(15,16)6-5-14-8-9-3-4-11(17-2)10(12)7-9/h3-4,7,13-14H,5-6,8H2,1-2H3. The fourth-order valence-electron chi connectivity index (χ4n) is 1.36. The number of nitrogens with one attached hydrogen (secondary N) is 2. The highest BCUT2D eigenvalue weighted by Crippen LogP contribution is 2.17. The van der Waals surface area contributed by atoms with Crippen molar-refractivity contribution in [3.05, 3.63) is 29.6 Å². The molecule has 0 saturated heterocycles. The maximum atomic E-state index is 13.3. The van der Waals surface area contributed by atoms with Crippen LogP contribution in [-0.4, -0.2) is 34.9 Å². The monoisotopic (exact) mass is 276 g/mol. The first kappa shape index (κ1) is 14.9. The van der Waals surface area contributed by atoms with Gasteiger partial charge in [-0.3, -0.25) is 0 Å². The Hall–Kier alpha value is -1.18. The van der Waals surface area contributed by atoms with Crippen molar-refractivity contribution in [2.45, 2.75) is 6.54 Å². The number of rotatable bonds is 7. The van der Waals surface area contributed by atoms with E-state index in [1.807, 2.05) is 0 Å². The van der Waals surface area contributed by atoms with Gasteiger partial charge < -0.3 is 10.1 Å². The molecule has 102 valence electrons. The molecule has 0 aromatic heterocycles. The van der Waals surface area contributed by atoms with E-state index < -0.39 is 15.8 Å². The summed E-state index contributed by atoms with van der Waals surface area (Å²) in [5.74, 6) is -0.251. The second kappa shape index (κ2) is 6.67. The number of sulfonamides is 1. The zero-order valence-corrected chi connectivity index (χ0v) is 11.2. The smallest absolute Gasteiger partial charge is 0.212 e. The minimum atomic E-state index is -3.20. The van der Waals surface area contributed by atoms with Crippen LogP contribution in [0.15, 0.2) is 18.2 Å². The van der Waals surface area contributed by atoms with Gasteiger partial charge in [0.05, 0.1) is 12.9 Å². The largest absolute Gasteiger partial charge is 0.494 e. The van der Waals surface area contributed by atoms with Crippen molar-refractivity contribution in [2.75, 3.05) is 26.5 Å². The highest BCUT2D eigenvalue weighted by Gasteiger charge is 2.06. The van der Waals surface area contributed by atoms with Crippen LogP contribution < -0.4 is 14.8 Å². The number of benzene rings is 1. The third-order valence-corrected chi connectivity index (χ3v) is 3.77. The van der Waals surface area contributed by atoms with Crippen LogP contribution in [0.5, 0.6) is 5.75 Å². The van der Waals surface area contributed by atoms with Gasteiger partial charge >= 0.3 is 0 Å². The predicted octanol–water partition coefficient (Wildman–Crippen LogP) is 0.473. The molecule has 0 heterocycles. The zero-order chi connectivity index (χ0) is 13.6. The molecular weight excluding hydrogens is 259 g/mol. The molecule has 0 atom stereocenters. The topological polar surface area (TPSA) is 67.4 Å². The van der Waals surface area contributed by atoms with Crippen molar-refractivity contribution in [3.63, 3.8) is 0 Å². The van der Waals surface area contributed by atoms with Gasteiger partial charge in [0.1, 0.15) is 0 Å². The summed E-state index contributed by atoms with van der Waals surface area (Å²) in [5.41, 5.74) is 0.732. The molecule has 0 aliphatic carbocycles. The molecule has 0 spiro atoms. The van der Waals surface area contributed by atoms with Crippen LogP contribution in [0.1, 0.15) is 5.56 Å². The lowest BCUT2D eigenvalue weighted by Crippen LogP contribution is -2.29. The Morgan fingerprint density at radius 3 is 2.67 bits per heavy atom. The van der Waals surface area contributed by atoms with Crippen LogP contribution in [0, 0.1) is 5.82 Å². The Bertz CT molecular complexity index is 491. The normalized spacial score (nSPS) is 11.5. The zero-order valence-electron chi connectivity index (χ0n) is 10.4. The lowest BCUT2D eigenvalue weighted by Gasteiger charge is -2.07. The molecule has 2 N–H and O–H groups in total. The average molecular weight is 276 g/mol. The van der Waals surface area contributed by atoms with E-state index in [1.165, 1.54) is 26.3 Å². The van der Waals surface area contributed by atoms with E-state index in [4.69, 9.17) is 4.74 Å². The Morgan fingerprint density at radius 2 is 2.11 bits per heavy atom. The van der Waals surface area contributed by atoms with E-state index in [1.54, 1.807) is 6.07 Å². The molecule has 0 amide bonds. The van der Waals surface area contributed by atoms with Crippen molar-refractivity contribution in [2.24, 2.45) is 0 Å². The van der Waals surface area contributed by atoms with Crippen LogP contribution in [-0.2, 0) is 16.6 Å². The first-order valence-electron chi connectivity index (χ1n) is 5.43. The minimum Gasteiger partial charge on any atom is -0.494 e. The molecule has 1 aromatic rings. The molecule has 0 radical (unpaired) electrons. The Labute approximate surface area is 106 Å². The summed E-state index contributed by atoms with van der Waals surface area (Å²) < 4.78 is 42.6. The quantitative estimate of drug-likeness (QED) is 0.711. The van der Waals surface area contributed by atoms with Gasteiger partial charge in [0, 0.05) is 13.1 Å². The minimum absolute atomic E-state index is 0.0118. The van der Waals surface area contributed by atoms with E-state index in [0.29, 0.717) is 13.1 Å². The molecular formula is C11H17FN2O3S. The van der Waals surface area contributed by atoms with Crippen LogP contribution in [0.3, 0.4) is 0 Å². The predicted molar refractivity (Wildman–Crippen MR) is 67.5 cm³/mol. The van der Waals surface area contributed by atoms with E-state index in [-0.39, 0.29) is 11.5 Å². The lowest BCUT2D eigenvalue weighted by molar-refractivity contribution is 0.386. The first-order valence-corrected chi connectivity index (χ1v) is 7.08. The maximum absolute atomic E-state index is 13.3. The van der Waals surface area contributed by atoms with Crippen molar-refractivity contribution >= 4 is 10.0 Å². The van der Waals surface area contributed by atoms with Gasteiger partial charge in [-0.15, -0.1) is 0 Å². The molecule has 18 heavy (non-hydrogen) atoms. The van der Waals surface area contributed by atoms with Crippen LogP contribution >= 0.6 is 0 Å². The molecule has 0 bridgehead atoms. The second-order valence-electron chi connectivity index (χ2n) is 3.67. The molecule has 1 rings (SSSR count). The van der Waals surface area contributed by atoms with Gasteiger partial charge in [-0.05, 0) is 24.7 Å². The molecule has 5 nitrogen and oxygen atoms in total. The third kappa shape index (κ3) is 4.59. The van der Waals surface area contributed by atoms with E-state index >= 15 is 0 Å². The Kier molecular flexibility index (Phi) is 5.52. The SMILES string of the molecule is CNS(=O)(=O)CCNCc1ccc(OC)c(F)c1. The Morgan fingerprint density at radius 1 is 1.39 bits per heavy atom. The fraction of sp³-hybridized carbons (Fsp3) is 0.455. The number of methoxy groups -OCH3 is 1. The van der Waals surface area contributed by atoms with Crippen LogP contribution in [0.25, 0.3) is 0 Å². The number of halogens is 1. The van der Waals surface area contributed by atoms with Crippen LogP contribution in [0.2, 0.25) is 0 Å². The summed E-state index contributed by atoms with van der Waals surface area (Å²) >= 11 is 0. The van der Waals surface area contributed by atoms with Crippen molar-refractivity contribution in [1.82, 2.24) is 10.0 Å². The number of hydrogen-bond acceptors (Lipinski definition) is 4. The van der Waals surface area contributed by atoms with Gasteiger partial charge in [0.25, 0.3) is 0 Å². The molecule has 7 heteroatoms. The molecule has 0 aliphatic heterocycles. The summed E-state index contributed by atoms with van der Waals surface area (Å²) in [6, 6.07) is 4.62. The average Bonchev–Trinajstić information content (AvgIpc) is 2.35. The van der Waals surface area contributed by atoms with Crippen molar-refractivity contribution in [3.8, 4) is 5.75 Å². The molecule has 0 unspecified atom stereocenters. The summed E-state index contributed by atoms with van der Waals surface area (Å²) in [5, 5.41) is 2.93. The van der Waals surface area contributed by atoms with E-state index in [2.05, 4.69) is 10.0 Å². The fourth-order valence-corrected chi connectivity index (χ4v) is 1.98. The first-order chi connectivity index (χ1) is 8.48. The van der Waals surface area contributed by atoms with Crippen molar-refractivity contribution < 1.29 is 17.5 Å². The maximum Gasteiger partial charge on any atom is 0.212 e. The summed E-state index contributed by atoms with van der Waals surface area (Å²) in [6.07, 6.45) is 0. The summed E-state index contributed by atoms with van der Waals surface area (Å²) in [6.45, 7) is 0.705. The molecule has 0 saturated carbocycles. The van der Waals surface area contributed by atoms with E-state index in [0.717, 1.165) is 5.56 Å². The Balaban J connectivity index is 2.43. The van der Waals surface area contributed by atoms with Gasteiger partial charge in [0.2, 0.25) is 10.0 Å². The van der Waals surface area contributed by atoms with Crippen LogP contribution in [0.4, 0.5) is 4.39 Å². The van der Waals surface area contributed by atoms with E-state index in [9.17, 15) is 12.8 Å². The summed E-state index contributed by atoms with van der Waals surface area (Å²) in [4.78, 5) is 0. The number of ether oxygens (including phenoxy) is 1. The van der Waals surface area contributed by atoms with Gasteiger partial charge in [-0.2, -0.15) is 0 Å². The third-order valence-electron chi connectivity index (χ3n) is 2.40. The molecule has 0 fully saturated rings. The van der Waals surface area contributed by atoms with Gasteiger partial charge in [-0.1, -0.05) is 6.07 Å². The molecule has 0 aliphatic rings. The number of hydrogen-bond donors (Lipinski definition) is 2. The summed E-state index contributed by atoms with van der Waals surface area (Å²) in [7, 11) is -0.428. The van der Waals surface area contributed by atoms with Gasteiger partial charge in [-0.25, -0.2) is 17.5 Å². The van der Waals surface area contributed by atoms with Gasteiger partial charge in [0.15, 0.2) is 11.6 Å². The molecule has 1 aromatic carbocycles.